The van der Waals surface area contributed by atoms with Crippen LogP contribution >= 0.6 is 0 Å². The number of pyridine rings is 1. The molecule has 2 fully saturated rings. The minimum atomic E-state index is -0.273. The van der Waals surface area contributed by atoms with E-state index < -0.39 is 0 Å². The molecule has 0 bridgehead atoms. The van der Waals surface area contributed by atoms with Gasteiger partial charge < -0.3 is 14.8 Å². The zero-order valence-electron chi connectivity index (χ0n) is 23.6. The van der Waals surface area contributed by atoms with E-state index >= 15 is 0 Å². The van der Waals surface area contributed by atoms with Gasteiger partial charge in [0, 0.05) is 30.2 Å². The minimum Gasteiger partial charge on any atom is -0.493 e. The van der Waals surface area contributed by atoms with E-state index in [4.69, 9.17) is 9.47 Å². The first-order valence-corrected chi connectivity index (χ1v) is 14.6. The number of carbonyl (C=O) groups excluding carboxylic acids is 1. The summed E-state index contributed by atoms with van der Waals surface area (Å²) in [5.74, 6) is 1.59. The molecule has 2 heterocycles. The molecule has 212 valence electrons. The molecule has 2 aliphatic rings. The summed E-state index contributed by atoms with van der Waals surface area (Å²) < 4.78 is 25.8. The van der Waals surface area contributed by atoms with Crippen LogP contribution in [0.2, 0.25) is 0 Å². The van der Waals surface area contributed by atoms with E-state index in [1.807, 2.05) is 44.2 Å². The molecule has 3 atom stereocenters. The van der Waals surface area contributed by atoms with Crippen molar-refractivity contribution in [3.63, 3.8) is 0 Å². The second kappa shape index (κ2) is 11.9. The van der Waals surface area contributed by atoms with Gasteiger partial charge in [0.15, 0.2) is 0 Å². The first kappa shape index (κ1) is 27.2. The normalized spacial score (nSPS) is 20.2. The number of amides is 1. The fourth-order valence-corrected chi connectivity index (χ4v) is 6.61. The van der Waals surface area contributed by atoms with E-state index in [1.54, 1.807) is 18.3 Å². The number of para-hydroxylation sites is 1. The van der Waals surface area contributed by atoms with Crippen LogP contribution in [-0.4, -0.2) is 47.6 Å². The van der Waals surface area contributed by atoms with Gasteiger partial charge in [-0.05, 0) is 93.1 Å². The van der Waals surface area contributed by atoms with Crippen LogP contribution in [0.1, 0.15) is 49.0 Å². The largest absolute Gasteiger partial charge is 0.493 e. The fraction of sp³-hybridized carbons (Fsp3) is 0.353. The summed E-state index contributed by atoms with van der Waals surface area (Å²) in [5, 5.41) is 4.30. The molecular formula is C34H36FN3O3. The summed E-state index contributed by atoms with van der Waals surface area (Å²) in [6.45, 7) is 6.73. The zero-order chi connectivity index (χ0) is 28.3. The third-order valence-electron chi connectivity index (χ3n) is 8.42. The predicted octanol–water partition coefficient (Wildman–Crippen LogP) is 6.62. The standard InChI is InChI=1S/C34H36FN3O3/c1-3-40-31-17-22(18-32(41-4-2)33(31)23-9-11-26(35)12-10-23)21-38-16-15-27-29(13-14-30(27)38)37-34(39)25-19-24-7-5-6-8-28(24)36-20-25/h5-12,17-20,27,29-30H,3-4,13-16,21H2,1-2H3,(H,37,39)/t27-,29?,30+/m0/s1. The second-order valence-corrected chi connectivity index (χ2v) is 10.9. The van der Waals surface area contributed by atoms with Crippen LogP contribution in [0.5, 0.6) is 11.5 Å². The third kappa shape index (κ3) is 5.64. The molecule has 41 heavy (non-hydrogen) atoms. The van der Waals surface area contributed by atoms with Crippen LogP contribution < -0.4 is 14.8 Å². The van der Waals surface area contributed by atoms with Crippen molar-refractivity contribution in [2.75, 3.05) is 19.8 Å². The van der Waals surface area contributed by atoms with Gasteiger partial charge >= 0.3 is 0 Å². The van der Waals surface area contributed by atoms with E-state index in [0.29, 0.717) is 30.7 Å². The highest BCUT2D eigenvalue weighted by atomic mass is 19.1. The molecule has 1 aromatic heterocycles. The maximum Gasteiger partial charge on any atom is 0.253 e. The summed E-state index contributed by atoms with van der Waals surface area (Å²) in [4.78, 5) is 20.2. The van der Waals surface area contributed by atoms with Crippen LogP contribution in [0.25, 0.3) is 22.0 Å². The van der Waals surface area contributed by atoms with E-state index in [9.17, 15) is 9.18 Å². The summed E-state index contributed by atoms with van der Waals surface area (Å²) in [6, 6.07) is 21.0. The van der Waals surface area contributed by atoms with Crippen molar-refractivity contribution in [3.05, 3.63) is 89.9 Å². The Bertz CT molecular complexity index is 1510. The minimum absolute atomic E-state index is 0.0496. The number of hydrogen-bond donors (Lipinski definition) is 1. The summed E-state index contributed by atoms with van der Waals surface area (Å²) in [7, 11) is 0. The Morgan fingerprint density at radius 3 is 2.44 bits per heavy atom. The van der Waals surface area contributed by atoms with Crippen LogP contribution in [0.15, 0.2) is 72.9 Å². The van der Waals surface area contributed by atoms with Crippen LogP contribution in [-0.2, 0) is 6.54 Å². The second-order valence-electron chi connectivity index (χ2n) is 10.9. The van der Waals surface area contributed by atoms with Gasteiger partial charge in [0.1, 0.15) is 17.3 Å². The number of benzene rings is 3. The monoisotopic (exact) mass is 553 g/mol. The Balaban J connectivity index is 1.18. The van der Waals surface area contributed by atoms with Crippen molar-refractivity contribution < 1.29 is 18.7 Å². The first-order valence-electron chi connectivity index (χ1n) is 14.6. The van der Waals surface area contributed by atoms with Crippen molar-refractivity contribution in [2.24, 2.45) is 5.92 Å². The molecule has 1 unspecified atom stereocenters. The number of ether oxygens (including phenoxy) is 2. The van der Waals surface area contributed by atoms with Crippen molar-refractivity contribution in [3.8, 4) is 22.6 Å². The van der Waals surface area contributed by atoms with Crippen LogP contribution in [0, 0.1) is 11.7 Å². The highest BCUT2D eigenvalue weighted by molar-refractivity contribution is 5.97. The van der Waals surface area contributed by atoms with Gasteiger partial charge in [0.05, 0.1) is 29.9 Å². The molecular weight excluding hydrogens is 517 g/mol. The zero-order valence-corrected chi connectivity index (χ0v) is 23.6. The van der Waals surface area contributed by atoms with Gasteiger partial charge in [-0.2, -0.15) is 0 Å². The first-order chi connectivity index (χ1) is 20.0. The topological polar surface area (TPSA) is 63.7 Å². The molecule has 1 aliphatic heterocycles. The van der Waals surface area contributed by atoms with Gasteiger partial charge in [-0.3, -0.25) is 14.7 Å². The van der Waals surface area contributed by atoms with Gasteiger partial charge in [0.2, 0.25) is 0 Å². The molecule has 1 saturated carbocycles. The Morgan fingerprint density at radius 1 is 0.976 bits per heavy atom. The average Bonchev–Trinajstić information content (AvgIpc) is 3.57. The van der Waals surface area contributed by atoms with Gasteiger partial charge in [-0.25, -0.2) is 4.39 Å². The molecule has 1 amide bonds. The lowest BCUT2D eigenvalue weighted by Gasteiger charge is -2.26. The van der Waals surface area contributed by atoms with E-state index in [0.717, 1.165) is 71.4 Å². The number of nitrogens with one attached hydrogen (secondary N) is 1. The highest BCUT2D eigenvalue weighted by Crippen LogP contribution is 2.43. The number of aromatic nitrogens is 1. The summed E-state index contributed by atoms with van der Waals surface area (Å²) >= 11 is 0. The Morgan fingerprint density at radius 2 is 1.71 bits per heavy atom. The Labute approximate surface area is 240 Å². The number of rotatable bonds is 9. The van der Waals surface area contributed by atoms with E-state index in [1.165, 1.54) is 12.1 Å². The number of fused-ring (bicyclic) bond motifs is 2. The lowest BCUT2D eigenvalue weighted by Crippen LogP contribution is -2.39. The third-order valence-corrected chi connectivity index (χ3v) is 8.42. The van der Waals surface area contributed by atoms with Crippen molar-refractivity contribution >= 4 is 16.8 Å². The molecule has 7 heteroatoms. The number of carbonyl (C=O) groups is 1. The molecule has 1 N–H and O–H groups in total. The highest BCUT2D eigenvalue weighted by Gasteiger charge is 2.44. The van der Waals surface area contributed by atoms with Gasteiger partial charge in [0.25, 0.3) is 5.91 Å². The Hall–Kier alpha value is -3.97. The van der Waals surface area contributed by atoms with E-state index in [2.05, 4.69) is 27.3 Å². The van der Waals surface area contributed by atoms with Gasteiger partial charge in [-0.15, -0.1) is 0 Å². The molecule has 6 nitrogen and oxygen atoms in total. The average molecular weight is 554 g/mol. The molecule has 4 aromatic rings. The van der Waals surface area contributed by atoms with Crippen LogP contribution in [0.3, 0.4) is 0 Å². The summed E-state index contributed by atoms with van der Waals surface area (Å²) in [6.07, 6.45) is 4.74. The Kier molecular flexibility index (Phi) is 7.88. The van der Waals surface area contributed by atoms with Crippen molar-refractivity contribution in [1.82, 2.24) is 15.2 Å². The number of likely N-dealkylation sites (tertiary alicyclic amines) is 1. The van der Waals surface area contributed by atoms with Crippen molar-refractivity contribution in [2.45, 2.75) is 51.7 Å². The number of halogens is 1. The van der Waals surface area contributed by atoms with E-state index in [-0.39, 0.29) is 17.8 Å². The molecule has 1 saturated heterocycles. The van der Waals surface area contributed by atoms with Crippen molar-refractivity contribution in [1.29, 1.82) is 0 Å². The number of hydrogen-bond acceptors (Lipinski definition) is 5. The molecule has 1 aliphatic carbocycles. The van der Waals surface area contributed by atoms with Crippen LogP contribution in [0.4, 0.5) is 4.39 Å². The molecule has 0 spiro atoms. The lowest BCUT2D eigenvalue weighted by atomic mass is 9.99. The number of nitrogens with zero attached hydrogens (tertiary/aromatic N) is 2. The predicted molar refractivity (Wildman–Crippen MR) is 159 cm³/mol. The SMILES string of the molecule is CCOc1cc(CN2CC[C@H]3C(NC(=O)c4cnc5ccccc5c4)CC[C@H]32)cc(OCC)c1-c1ccc(F)cc1. The molecule has 3 aromatic carbocycles. The van der Waals surface area contributed by atoms with Gasteiger partial charge in [-0.1, -0.05) is 30.3 Å². The summed E-state index contributed by atoms with van der Waals surface area (Å²) in [5.41, 5.74) is 4.33. The molecule has 6 rings (SSSR count). The quantitative estimate of drug-likeness (QED) is 0.252. The molecule has 0 radical (unpaired) electrons. The smallest absolute Gasteiger partial charge is 0.253 e. The maximum absolute atomic E-state index is 13.6. The maximum atomic E-state index is 13.6. The fourth-order valence-electron chi connectivity index (χ4n) is 6.61. The lowest BCUT2D eigenvalue weighted by molar-refractivity contribution is 0.0926.